The predicted octanol–water partition coefficient (Wildman–Crippen LogP) is 2.38. The minimum Gasteiger partial charge on any atom is -0.283 e. The Bertz CT molecular complexity index is 947. The van der Waals surface area contributed by atoms with Gasteiger partial charge in [-0.1, -0.05) is 42.5 Å². The molecule has 2 amide bonds. The van der Waals surface area contributed by atoms with E-state index in [1.165, 1.54) is 7.05 Å². The van der Waals surface area contributed by atoms with E-state index in [0.717, 1.165) is 16.2 Å². The number of imide groups is 1. The van der Waals surface area contributed by atoms with E-state index >= 15 is 0 Å². The number of carbonyl (C=O) groups is 2. The van der Waals surface area contributed by atoms with Crippen LogP contribution in [0.1, 0.15) is 11.1 Å². The fraction of sp³-hybridized carbons (Fsp3) is 0.190. The first-order valence-corrected chi connectivity index (χ1v) is 8.61. The van der Waals surface area contributed by atoms with Crippen molar-refractivity contribution in [3.8, 4) is 6.07 Å². The first-order chi connectivity index (χ1) is 13.1. The number of benzene rings is 2. The molecule has 0 spiro atoms. The third-order valence-corrected chi connectivity index (χ3v) is 4.92. The summed E-state index contributed by atoms with van der Waals surface area (Å²) >= 11 is 0. The van der Waals surface area contributed by atoms with Crippen LogP contribution in [-0.4, -0.2) is 35.9 Å². The molecule has 27 heavy (non-hydrogen) atoms. The molecule has 2 aromatic rings. The number of carbonyl (C=O) groups excluding carboxylic acids is 2. The van der Waals surface area contributed by atoms with Gasteiger partial charge in [-0.3, -0.25) is 19.3 Å². The number of hydroxylamine groups is 1. The molecule has 2 aliphatic rings. The molecule has 0 aromatic heterocycles. The van der Waals surface area contributed by atoms with Crippen LogP contribution in [0.3, 0.4) is 0 Å². The summed E-state index contributed by atoms with van der Waals surface area (Å²) in [5.74, 6) is -1.14. The summed E-state index contributed by atoms with van der Waals surface area (Å²) in [7, 11) is 1.49. The Morgan fingerprint density at radius 1 is 1.04 bits per heavy atom. The lowest BCUT2D eigenvalue weighted by Crippen LogP contribution is -2.37. The molecule has 0 unspecified atom stereocenters. The van der Waals surface area contributed by atoms with Crippen molar-refractivity contribution in [1.82, 2.24) is 4.90 Å². The molecule has 2 aliphatic heterocycles. The zero-order valence-electron chi connectivity index (χ0n) is 14.6. The van der Waals surface area contributed by atoms with E-state index in [1.54, 1.807) is 17.2 Å². The summed E-state index contributed by atoms with van der Waals surface area (Å²) in [6.07, 6.45) is 2.95. The van der Waals surface area contributed by atoms with Gasteiger partial charge in [-0.15, -0.1) is 0 Å². The third kappa shape index (κ3) is 2.88. The Morgan fingerprint density at radius 3 is 2.41 bits per heavy atom. The number of anilines is 1. The first-order valence-electron chi connectivity index (χ1n) is 8.61. The standard InChI is InChI=1S/C21H17N3O3/c1-23-20(25)18-17(12-11-14-7-9-15(13-22)10-8-14)24(27-19(18)21(23)26)16-5-3-2-4-6-16/h2-12,17-19H,1H3/b12-11+/t17-,18-,19+/m0/s1. The van der Waals surface area contributed by atoms with Gasteiger partial charge in [0.05, 0.1) is 23.4 Å². The Morgan fingerprint density at radius 2 is 1.74 bits per heavy atom. The van der Waals surface area contributed by atoms with Crippen LogP contribution in [-0.2, 0) is 14.4 Å². The molecule has 0 bridgehead atoms. The lowest BCUT2D eigenvalue weighted by molar-refractivity contribution is -0.141. The van der Waals surface area contributed by atoms with Crippen molar-refractivity contribution >= 4 is 23.6 Å². The zero-order valence-corrected chi connectivity index (χ0v) is 14.6. The van der Waals surface area contributed by atoms with Crippen LogP contribution in [0.25, 0.3) is 6.08 Å². The number of fused-ring (bicyclic) bond motifs is 1. The van der Waals surface area contributed by atoms with E-state index in [2.05, 4.69) is 6.07 Å². The Balaban J connectivity index is 1.68. The lowest BCUT2D eigenvalue weighted by Gasteiger charge is -2.25. The second-order valence-electron chi connectivity index (χ2n) is 6.53. The smallest absolute Gasteiger partial charge is 0.261 e. The van der Waals surface area contributed by atoms with E-state index in [9.17, 15) is 9.59 Å². The lowest BCUT2D eigenvalue weighted by atomic mass is 9.95. The molecule has 134 valence electrons. The molecular weight excluding hydrogens is 342 g/mol. The highest BCUT2D eigenvalue weighted by atomic mass is 16.7. The molecule has 0 radical (unpaired) electrons. The third-order valence-electron chi connectivity index (χ3n) is 4.92. The fourth-order valence-electron chi connectivity index (χ4n) is 3.46. The molecule has 2 aromatic carbocycles. The summed E-state index contributed by atoms with van der Waals surface area (Å²) < 4.78 is 0. The van der Waals surface area contributed by atoms with Gasteiger partial charge in [-0.05, 0) is 29.8 Å². The van der Waals surface area contributed by atoms with Gasteiger partial charge in [-0.2, -0.15) is 5.26 Å². The average molecular weight is 359 g/mol. The van der Waals surface area contributed by atoms with Crippen LogP contribution in [0, 0.1) is 17.2 Å². The molecule has 0 N–H and O–H groups in total. The zero-order chi connectivity index (χ0) is 19.0. The van der Waals surface area contributed by atoms with Gasteiger partial charge in [0.1, 0.15) is 5.92 Å². The summed E-state index contributed by atoms with van der Waals surface area (Å²) in [5, 5.41) is 10.5. The molecular formula is C21H17N3O3. The number of para-hydroxylation sites is 1. The van der Waals surface area contributed by atoms with Gasteiger partial charge in [0, 0.05) is 7.05 Å². The highest BCUT2D eigenvalue weighted by Gasteiger charge is 2.57. The number of likely N-dealkylation sites (tertiary alicyclic amines) is 1. The van der Waals surface area contributed by atoms with Crippen LogP contribution in [0.2, 0.25) is 0 Å². The van der Waals surface area contributed by atoms with E-state index in [-0.39, 0.29) is 11.8 Å². The normalized spacial score (nSPS) is 24.5. The monoisotopic (exact) mass is 359 g/mol. The van der Waals surface area contributed by atoms with Crippen molar-refractivity contribution in [3.63, 3.8) is 0 Å². The summed E-state index contributed by atoms with van der Waals surface area (Å²) in [4.78, 5) is 32.0. The largest absolute Gasteiger partial charge is 0.283 e. The molecule has 2 saturated heterocycles. The van der Waals surface area contributed by atoms with Crippen LogP contribution in [0.5, 0.6) is 0 Å². The summed E-state index contributed by atoms with van der Waals surface area (Å²) in [5.41, 5.74) is 2.26. The van der Waals surface area contributed by atoms with Crippen molar-refractivity contribution in [3.05, 3.63) is 71.8 Å². The van der Waals surface area contributed by atoms with Crippen molar-refractivity contribution < 1.29 is 14.4 Å². The Labute approximate surface area is 156 Å². The Kier molecular flexibility index (Phi) is 4.22. The topological polar surface area (TPSA) is 73.6 Å². The molecule has 3 atom stereocenters. The second-order valence-corrected chi connectivity index (χ2v) is 6.53. The predicted molar refractivity (Wildman–Crippen MR) is 99.0 cm³/mol. The number of amides is 2. The van der Waals surface area contributed by atoms with Crippen LogP contribution >= 0.6 is 0 Å². The number of nitriles is 1. The van der Waals surface area contributed by atoms with Crippen LogP contribution in [0.15, 0.2) is 60.7 Å². The number of likely N-dealkylation sites (N-methyl/N-ethyl adjacent to an activating group) is 1. The first kappa shape index (κ1) is 17.0. The molecule has 2 heterocycles. The van der Waals surface area contributed by atoms with Gasteiger partial charge in [0.2, 0.25) is 5.91 Å². The van der Waals surface area contributed by atoms with E-state index in [1.807, 2.05) is 54.6 Å². The number of hydrogen-bond donors (Lipinski definition) is 0. The SMILES string of the molecule is CN1C(=O)[C@@H]2[C@@H](ON(c3ccccc3)[C@H]2/C=C/c2ccc(C#N)cc2)C1=O. The quantitative estimate of drug-likeness (QED) is 0.787. The maximum Gasteiger partial charge on any atom is 0.261 e. The average Bonchev–Trinajstić information content (AvgIpc) is 3.19. The minimum absolute atomic E-state index is 0.238. The van der Waals surface area contributed by atoms with Gasteiger partial charge < -0.3 is 0 Å². The van der Waals surface area contributed by atoms with E-state index < -0.39 is 18.1 Å². The van der Waals surface area contributed by atoms with Crippen molar-refractivity contribution in [2.24, 2.45) is 5.92 Å². The Hall–Kier alpha value is -3.43. The van der Waals surface area contributed by atoms with Crippen molar-refractivity contribution in [1.29, 1.82) is 5.26 Å². The van der Waals surface area contributed by atoms with Gasteiger partial charge in [0.15, 0.2) is 6.10 Å². The van der Waals surface area contributed by atoms with Crippen molar-refractivity contribution in [2.45, 2.75) is 12.1 Å². The highest BCUT2D eigenvalue weighted by Crippen LogP contribution is 2.38. The number of rotatable bonds is 3. The van der Waals surface area contributed by atoms with Crippen LogP contribution < -0.4 is 5.06 Å². The molecule has 0 aliphatic carbocycles. The van der Waals surface area contributed by atoms with Gasteiger partial charge in [-0.25, -0.2) is 5.06 Å². The van der Waals surface area contributed by atoms with E-state index in [0.29, 0.717) is 5.56 Å². The summed E-state index contributed by atoms with van der Waals surface area (Å²) in [6, 6.07) is 18.2. The molecule has 0 saturated carbocycles. The highest BCUT2D eigenvalue weighted by molar-refractivity contribution is 6.07. The second kappa shape index (κ2) is 6.71. The number of nitrogens with zero attached hydrogens (tertiary/aromatic N) is 3. The van der Waals surface area contributed by atoms with Gasteiger partial charge >= 0.3 is 0 Å². The molecule has 2 fully saturated rings. The van der Waals surface area contributed by atoms with E-state index in [4.69, 9.17) is 10.1 Å². The van der Waals surface area contributed by atoms with Crippen LogP contribution in [0.4, 0.5) is 5.69 Å². The molecule has 6 nitrogen and oxygen atoms in total. The maximum absolute atomic E-state index is 12.6. The fourth-order valence-corrected chi connectivity index (χ4v) is 3.46. The van der Waals surface area contributed by atoms with Crippen molar-refractivity contribution in [2.75, 3.05) is 12.1 Å². The molecule has 4 rings (SSSR count). The van der Waals surface area contributed by atoms with Gasteiger partial charge in [0.25, 0.3) is 5.91 Å². The maximum atomic E-state index is 12.6. The molecule has 6 heteroatoms. The summed E-state index contributed by atoms with van der Waals surface area (Å²) in [6.45, 7) is 0. The number of hydrogen-bond acceptors (Lipinski definition) is 5. The minimum atomic E-state index is -0.807.